The number of carbonyl (C=O) groups excluding carboxylic acids is 2. The number of hydrogen-bond donors (Lipinski definition) is 1. The molecule has 3 aromatic rings. The maximum atomic E-state index is 14.3. The van der Waals surface area contributed by atoms with Crippen LogP contribution in [0.4, 0.5) is 4.39 Å². The molecule has 0 aliphatic carbocycles. The van der Waals surface area contributed by atoms with E-state index in [1.54, 1.807) is 24.1 Å². The molecule has 0 heterocycles. The molecule has 0 aliphatic heterocycles. The van der Waals surface area contributed by atoms with Gasteiger partial charge in [-0.05, 0) is 48.7 Å². The van der Waals surface area contributed by atoms with Crippen LogP contribution in [0.5, 0.6) is 5.75 Å². The van der Waals surface area contributed by atoms with Crippen molar-refractivity contribution in [3.8, 4) is 5.75 Å². The van der Waals surface area contributed by atoms with Crippen LogP contribution in [-0.2, 0) is 28.3 Å². The molecular formula is C30H34ClFN2O3S. The van der Waals surface area contributed by atoms with Crippen molar-refractivity contribution in [3.05, 3.63) is 100 Å². The van der Waals surface area contributed by atoms with Gasteiger partial charge in [0.2, 0.25) is 11.8 Å². The molecular weight excluding hydrogens is 523 g/mol. The van der Waals surface area contributed by atoms with Crippen molar-refractivity contribution in [1.29, 1.82) is 0 Å². The zero-order valence-electron chi connectivity index (χ0n) is 22.0. The Morgan fingerprint density at radius 1 is 1.05 bits per heavy atom. The highest BCUT2D eigenvalue weighted by atomic mass is 35.5. The Hall–Kier alpha value is -3.03. The van der Waals surface area contributed by atoms with Gasteiger partial charge >= 0.3 is 0 Å². The number of carbonyl (C=O) groups is 2. The fraction of sp³-hybridized carbons (Fsp3) is 0.333. The second kappa shape index (κ2) is 14.8. The van der Waals surface area contributed by atoms with Crippen molar-refractivity contribution in [2.45, 2.75) is 51.1 Å². The van der Waals surface area contributed by atoms with Crippen LogP contribution in [-0.4, -0.2) is 41.7 Å². The van der Waals surface area contributed by atoms with Gasteiger partial charge in [-0.2, -0.15) is 0 Å². The first-order valence-electron chi connectivity index (χ1n) is 12.6. The fourth-order valence-electron chi connectivity index (χ4n) is 3.96. The lowest BCUT2D eigenvalue weighted by molar-refractivity contribution is -0.139. The van der Waals surface area contributed by atoms with Gasteiger partial charge in [0, 0.05) is 35.3 Å². The van der Waals surface area contributed by atoms with E-state index in [2.05, 4.69) is 5.32 Å². The molecule has 38 heavy (non-hydrogen) atoms. The third kappa shape index (κ3) is 8.50. The summed E-state index contributed by atoms with van der Waals surface area (Å²) < 4.78 is 19.6. The second-order valence-electron chi connectivity index (χ2n) is 9.09. The smallest absolute Gasteiger partial charge is 0.243 e. The van der Waals surface area contributed by atoms with Gasteiger partial charge in [-0.25, -0.2) is 4.39 Å². The minimum atomic E-state index is -0.734. The highest BCUT2D eigenvalue weighted by Crippen LogP contribution is 2.25. The van der Waals surface area contributed by atoms with Gasteiger partial charge in [0.05, 0.1) is 12.9 Å². The van der Waals surface area contributed by atoms with E-state index in [0.717, 1.165) is 17.5 Å². The van der Waals surface area contributed by atoms with Crippen molar-refractivity contribution in [2.24, 2.45) is 0 Å². The largest absolute Gasteiger partial charge is 0.497 e. The van der Waals surface area contributed by atoms with Crippen LogP contribution in [0.1, 0.15) is 37.0 Å². The third-order valence-corrected chi connectivity index (χ3v) is 7.59. The quantitative estimate of drug-likeness (QED) is 0.269. The van der Waals surface area contributed by atoms with Crippen molar-refractivity contribution < 1.29 is 18.7 Å². The van der Waals surface area contributed by atoms with Crippen LogP contribution in [0.3, 0.4) is 0 Å². The average molecular weight is 557 g/mol. The van der Waals surface area contributed by atoms with Gasteiger partial charge in [-0.15, -0.1) is 11.8 Å². The first-order chi connectivity index (χ1) is 18.3. The fourth-order valence-corrected chi connectivity index (χ4v) is 5.21. The summed E-state index contributed by atoms with van der Waals surface area (Å²) in [5, 5.41) is 3.39. The molecule has 8 heteroatoms. The Kier molecular flexibility index (Phi) is 11.5. The minimum absolute atomic E-state index is 0.0351. The molecule has 5 nitrogen and oxygen atoms in total. The van der Waals surface area contributed by atoms with Crippen LogP contribution in [0.2, 0.25) is 5.02 Å². The molecule has 0 radical (unpaired) electrons. The van der Waals surface area contributed by atoms with Gasteiger partial charge in [-0.1, -0.05) is 67.1 Å². The molecule has 0 fully saturated rings. The molecule has 0 saturated carbocycles. The summed E-state index contributed by atoms with van der Waals surface area (Å²) in [5.41, 5.74) is 2.15. The molecule has 0 spiro atoms. The topological polar surface area (TPSA) is 58.6 Å². The standard InChI is InChI=1S/C30H34ClFN2O3S/c1-4-21(2)33-30(36)28(17-22-10-6-5-7-11-22)34(18-23-12-8-13-24(16-23)37-3)29(35)20-38-19-25-26(31)14-9-15-27(25)32/h5-16,21,28H,4,17-20H2,1-3H3,(H,33,36)/t21-,28-/m0/s1. The van der Waals surface area contributed by atoms with Gasteiger partial charge in [0.25, 0.3) is 0 Å². The lowest BCUT2D eigenvalue weighted by Gasteiger charge is -2.32. The number of halogens is 2. The zero-order valence-corrected chi connectivity index (χ0v) is 23.5. The van der Waals surface area contributed by atoms with E-state index in [9.17, 15) is 14.0 Å². The monoisotopic (exact) mass is 556 g/mol. The molecule has 0 aliphatic rings. The molecule has 2 amide bonds. The summed E-state index contributed by atoms with van der Waals surface area (Å²) in [5.74, 6) is 0.151. The predicted octanol–water partition coefficient (Wildman–Crippen LogP) is 6.28. The van der Waals surface area contributed by atoms with Gasteiger partial charge < -0.3 is 15.0 Å². The van der Waals surface area contributed by atoms with Crippen LogP contribution in [0.15, 0.2) is 72.8 Å². The molecule has 1 N–H and O–H groups in total. The van der Waals surface area contributed by atoms with Crippen LogP contribution in [0.25, 0.3) is 0 Å². The molecule has 0 unspecified atom stereocenters. The molecule has 3 rings (SSSR count). The lowest BCUT2D eigenvalue weighted by Crippen LogP contribution is -2.52. The number of methoxy groups -OCH3 is 1. The van der Waals surface area contributed by atoms with Gasteiger partial charge in [0.15, 0.2) is 0 Å². The molecule has 0 aromatic heterocycles. The Bertz CT molecular complexity index is 1190. The Morgan fingerprint density at radius 3 is 2.45 bits per heavy atom. The van der Waals surface area contributed by atoms with Crippen molar-refractivity contribution in [3.63, 3.8) is 0 Å². The molecule has 0 saturated heterocycles. The summed E-state index contributed by atoms with van der Waals surface area (Å²) >= 11 is 7.45. The Morgan fingerprint density at radius 2 is 1.76 bits per heavy atom. The molecule has 0 bridgehead atoms. The minimum Gasteiger partial charge on any atom is -0.497 e. The first kappa shape index (κ1) is 29.5. The third-order valence-electron chi connectivity index (χ3n) is 6.29. The summed E-state index contributed by atoms with van der Waals surface area (Å²) in [7, 11) is 1.59. The maximum Gasteiger partial charge on any atom is 0.243 e. The number of amides is 2. The van der Waals surface area contributed by atoms with E-state index in [4.69, 9.17) is 16.3 Å². The number of nitrogens with one attached hydrogen (secondary N) is 1. The number of ether oxygens (including phenoxy) is 1. The lowest BCUT2D eigenvalue weighted by atomic mass is 10.0. The summed E-state index contributed by atoms with van der Waals surface area (Å²) in [6.45, 7) is 4.17. The van der Waals surface area contributed by atoms with Crippen molar-refractivity contribution in [2.75, 3.05) is 12.9 Å². The summed E-state index contributed by atoms with van der Waals surface area (Å²) in [6, 6.07) is 20.9. The van der Waals surface area contributed by atoms with E-state index in [-0.39, 0.29) is 35.9 Å². The van der Waals surface area contributed by atoms with E-state index < -0.39 is 11.9 Å². The number of hydrogen-bond acceptors (Lipinski definition) is 4. The van der Waals surface area contributed by atoms with E-state index in [0.29, 0.717) is 22.8 Å². The zero-order chi connectivity index (χ0) is 27.5. The van der Waals surface area contributed by atoms with Gasteiger partial charge in [-0.3, -0.25) is 9.59 Å². The van der Waals surface area contributed by atoms with Crippen molar-refractivity contribution >= 4 is 35.2 Å². The molecule has 2 atom stereocenters. The summed E-state index contributed by atoms with van der Waals surface area (Å²) in [4.78, 5) is 28.9. The normalized spacial score (nSPS) is 12.4. The molecule has 3 aromatic carbocycles. The van der Waals surface area contributed by atoms with Crippen LogP contribution >= 0.6 is 23.4 Å². The second-order valence-corrected chi connectivity index (χ2v) is 10.5. The highest BCUT2D eigenvalue weighted by molar-refractivity contribution is 7.99. The average Bonchev–Trinajstić information content (AvgIpc) is 2.92. The van der Waals surface area contributed by atoms with Gasteiger partial charge in [0.1, 0.15) is 17.6 Å². The van der Waals surface area contributed by atoms with Crippen LogP contribution in [0, 0.1) is 5.82 Å². The van der Waals surface area contributed by atoms with E-state index >= 15 is 0 Å². The van der Waals surface area contributed by atoms with E-state index in [1.807, 2.05) is 68.4 Å². The number of rotatable bonds is 13. The molecule has 202 valence electrons. The SMILES string of the molecule is CC[C@H](C)NC(=O)[C@H](Cc1ccccc1)N(Cc1cccc(OC)c1)C(=O)CSCc1c(F)cccc1Cl. The number of benzene rings is 3. The Labute approximate surface area is 233 Å². The Balaban J connectivity index is 1.89. The highest BCUT2D eigenvalue weighted by Gasteiger charge is 2.31. The van der Waals surface area contributed by atoms with Crippen molar-refractivity contribution in [1.82, 2.24) is 10.2 Å². The number of nitrogens with zero attached hydrogens (tertiary/aromatic N) is 1. The number of thioether (sulfide) groups is 1. The first-order valence-corrected chi connectivity index (χ1v) is 14.1. The summed E-state index contributed by atoms with van der Waals surface area (Å²) in [6.07, 6.45) is 1.13. The van der Waals surface area contributed by atoms with E-state index in [1.165, 1.54) is 17.8 Å². The predicted molar refractivity (Wildman–Crippen MR) is 153 cm³/mol. The van der Waals surface area contributed by atoms with Crippen LogP contribution < -0.4 is 10.1 Å². The maximum absolute atomic E-state index is 14.3.